The highest BCUT2D eigenvalue weighted by molar-refractivity contribution is 6.31. The standard InChI is InChI=1S/C20H19ClN2O6/c1-27-14-7-13(21)6-12(18(14)29-9-15(24)28-2)8-22-23-19(25)16-10-3-4-11(5-10)17(16)20(23)26/h3-4,6-8,10-11,16-17H,5,9H2,1-2H3/t10-,11-,16-,17+/m0/s1. The molecule has 2 bridgehead atoms. The van der Waals surface area contributed by atoms with Gasteiger partial charge in [-0.2, -0.15) is 10.1 Å². The van der Waals surface area contributed by atoms with Crippen molar-refractivity contribution in [3.05, 3.63) is 34.9 Å². The summed E-state index contributed by atoms with van der Waals surface area (Å²) in [5.74, 6) is -1.15. The molecular formula is C20H19ClN2O6. The van der Waals surface area contributed by atoms with Gasteiger partial charge in [0.25, 0.3) is 11.8 Å². The third-order valence-corrected chi connectivity index (χ3v) is 5.81. The van der Waals surface area contributed by atoms with E-state index in [1.165, 1.54) is 32.6 Å². The maximum atomic E-state index is 12.8. The first-order valence-electron chi connectivity index (χ1n) is 9.12. The van der Waals surface area contributed by atoms with E-state index in [0.717, 1.165) is 11.4 Å². The topological polar surface area (TPSA) is 94.5 Å². The fourth-order valence-electron chi connectivity index (χ4n) is 4.30. The summed E-state index contributed by atoms with van der Waals surface area (Å²) in [6.07, 6.45) is 6.20. The van der Waals surface area contributed by atoms with Gasteiger partial charge in [0.1, 0.15) is 0 Å². The zero-order valence-corrected chi connectivity index (χ0v) is 16.6. The number of nitrogens with zero attached hydrogens (tertiary/aromatic N) is 2. The van der Waals surface area contributed by atoms with Crippen molar-refractivity contribution in [1.29, 1.82) is 0 Å². The molecule has 4 rings (SSSR count). The van der Waals surface area contributed by atoms with Crippen LogP contribution in [0.15, 0.2) is 29.4 Å². The number of hydrogen-bond acceptors (Lipinski definition) is 7. The Bertz CT molecular complexity index is 913. The van der Waals surface area contributed by atoms with Crippen molar-refractivity contribution < 1.29 is 28.6 Å². The number of rotatable bonds is 6. The van der Waals surface area contributed by atoms with Crippen molar-refractivity contribution >= 4 is 35.6 Å². The Labute approximate surface area is 172 Å². The second-order valence-corrected chi connectivity index (χ2v) is 7.56. The number of imide groups is 1. The van der Waals surface area contributed by atoms with Crippen molar-refractivity contribution in [3.8, 4) is 11.5 Å². The molecule has 1 saturated heterocycles. The Hall–Kier alpha value is -2.87. The van der Waals surface area contributed by atoms with E-state index in [1.54, 1.807) is 0 Å². The van der Waals surface area contributed by atoms with Crippen LogP contribution in [-0.4, -0.2) is 49.8 Å². The molecule has 1 aromatic rings. The molecular weight excluding hydrogens is 400 g/mol. The third-order valence-electron chi connectivity index (χ3n) is 5.59. The van der Waals surface area contributed by atoms with Gasteiger partial charge >= 0.3 is 5.97 Å². The van der Waals surface area contributed by atoms with Crippen molar-refractivity contribution in [1.82, 2.24) is 5.01 Å². The molecule has 0 radical (unpaired) electrons. The zero-order chi connectivity index (χ0) is 20.7. The van der Waals surface area contributed by atoms with Gasteiger partial charge < -0.3 is 14.2 Å². The maximum Gasteiger partial charge on any atom is 0.343 e. The molecule has 29 heavy (non-hydrogen) atoms. The summed E-state index contributed by atoms with van der Waals surface area (Å²) >= 11 is 6.12. The van der Waals surface area contributed by atoms with E-state index in [9.17, 15) is 14.4 Å². The maximum absolute atomic E-state index is 12.8. The minimum absolute atomic E-state index is 0.104. The van der Waals surface area contributed by atoms with E-state index in [0.29, 0.717) is 10.6 Å². The summed E-state index contributed by atoms with van der Waals surface area (Å²) in [5.41, 5.74) is 0.358. The van der Waals surface area contributed by atoms with Crippen molar-refractivity contribution in [3.63, 3.8) is 0 Å². The Morgan fingerprint density at radius 1 is 1.21 bits per heavy atom. The van der Waals surface area contributed by atoms with E-state index in [-0.39, 0.29) is 53.6 Å². The number of hydrazone groups is 1. The van der Waals surface area contributed by atoms with E-state index >= 15 is 0 Å². The number of amides is 2. The van der Waals surface area contributed by atoms with E-state index in [4.69, 9.17) is 21.1 Å². The normalized spacial score (nSPS) is 27.1. The predicted molar refractivity (Wildman–Crippen MR) is 103 cm³/mol. The average molecular weight is 419 g/mol. The van der Waals surface area contributed by atoms with Crippen LogP contribution in [0, 0.1) is 23.7 Å². The summed E-state index contributed by atoms with van der Waals surface area (Å²) < 4.78 is 15.4. The summed E-state index contributed by atoms with van der Waals surface area (Å²) in [4.78, 5) is 36.9. The molecule has 152 valence electrons. The minimum atomic E-state index is -0.578. The lowest BCUT2D eigenvalue weighted by molar-refractivity contribution is -0.143. The van der Waals surface area contributed by atoms with E-state index < -0.39 is 5.97 Å². The number of allylic oxidation sites excluding steroid dienone is 2. The quantitative estimate of drug-likeness (QED) is 0.304. The lowest BCUT2D eigenvalue weighted by Crippen LogP contribution is -2.28. The van der Waals surface area contributed by atoms with Crippen molar-refractivity contribution in [2.75, 3.05) is 20.8 Å². The molecule has 2 fully saturated rings. The second-order valence-electron chi connectivity index (χ2n) is 7.12. The number of fused-ring (bicyclic) bond motifs is 5. The smallest absolute Gasteiger partial charge is 0.343 e. The van der Waals surface area contributed by atoms with Crippen LogP contribution in [0.2, 0.25) is 5.02 Å². The molecule has 1 heterocycles. The van der Waals surface area contributed by atoms with Gasteiger partial charge in [0.15, 0.2) is 18.1 Å². The molecule has 1 saturated carbocycles. The molecule has 8 nitrogen and oxygen atoms in total. The van der Waals surface area contributed by atoms with Crippen LogP contribution >= 0.6 is 11.6 Å². The van der Waals surface area contributed by atoms with Gasteiger partial charge in [0.05, 0.1) is 32.3 Å². The SMILES string of the molecule is COC(=O)COc1c(C=NN2C(=O)[C@@H]3[C@H](C2=O)[C@H]2C=C[C@H]3C2)cc(Cl)cc1OC. The lowest BCUT2D eigenvalue weighted by Gasteiger charge is -2.14. The highest BCUT2D eigenvalue weighted by atomic mass is 35.5. The number of ether oxygens (including phenoxy) is 3. The molecule has 2 amide bonds. The fraction of sp³-hybridized carbons (Fsp3) is 0.400. The Balaban J connectivity index is 1.61. The Morgan fingerprint density at radius 3 is 2.45 bits per heavy atom. The van der Waals surface area contributed by atoms with Crippen molar-refractivity contribution in [2.24, 2.45) is 28.8 Å². The first-order valence-corrected chi connectivity index (χ1v) is 9.49. The highest BCUT2D eigenvalue weighted by Crippen LogP contribution is 2.52. The monoisotopic (exact) mass is 418 g/mol. The third kappa shape index (κ3) is 3.27. The fourth-order valence-corrected chi connectivity index (χ4v) is 4.52. The van der Waals surface area contributed by atoms with Crippen LogP contribution in [0.3, 0.4) is 0 Å². The molecule has 4 atom stereocenters. The molecule has 0 unspecified atom stereocenters. The molecule has 3 aliphatic rings. The molecule has 2 aliphatic carbocycles. The molecule has 0 spiro atoms. The van der Waals surface area contributed by atoms with Gasteiger partial charge in [0, 0.05) is 16.7 Å². The molecule has 0 aromatic heterocycles. The summed E-state index contributed by atoms with van der Waals surface area (Å²) in [6, 6.07) is 3.06. The van der Waals surface area contributed by atoms with Gasteiger partial charge in [0.2, 0.25) is 0 Å². The second kappa shape index (κ2) is 7.51. The summed E-state index contributed by atoms with van der Waals surface area (Å²) in [6.45, 7) is -0.351. The van der Waals surface area contributed by atoms with E-state index in [2.05, 4.69) is 9.84 Å². The average Bonchev–Trinajstić information content (AvgIpc) is 3.39. The van der Waals surface area contributed by atoms with Gasteiger partial charge in [-0.05, 0) is 24.3 Å². The van der Waals surface area contributed by atoms with Crippen LogP contribution in [-0.2, 0) is 19.1 Å². The number of benzene rings is 1. The number of carbonyl (C=O) groups is 3. The van der Waals surface area contributed by atoms with Gasteiger partial charge in [-0.1, -0.05) is 23.8 Å². The van der Waals surface area contributed by atoms with E-state index in [1.807, 2.05) is 12.2 Å². The molecule has 1 aromatic carbocycles. The van der Waals surface area contributed by atoms with Gasteiger partial charge in [-0.25, -0.2) is 4.79 Å². The number of methoxy groups -OCH3 is 2. The predicted octanol–water partition coefficient (Wildman–Crippen LogP) is 2.04. The van der Waals surface area contributed by atoms with Crippen LogP contribution < -0.4 is 9.47 Å². The molecule has 0 N–H and O–H groups in total. The lowest BCUT2D eigenvalue weighted by atomic mass is 9.85. The Kier molecular flexibility index (Phi) is 5.04. The number of hydrogen-bond donors (Lipinski definition) is 0. The van der Waals surface area contributed by atoms with Crippen LogP contribution in [0.25, 0.3) is 0 Å². The van der Waals surface area contributed by atoms with Crippen LogP contribution in [0.5, 0.6) is 11.5 Å². The number of halogens is 1. The first-order chi connectivity index (χ1) is 13.9. The van der Waals surface area contributed by atoms with Gasteiger partial charge in [-0.3, -0.25) is 9.59 Å². The zero-order valence-electron chi connectivity index (χ0n) is 15.8. The Morgan fingerprint density at radius 2 is 1.86 bits per heavy atom. The van der Waals surface area contributed by atoms with Crippen LogP contribution in [0.1, 0.15) is 12.0 Å². The van der Waals surface area contributed by atoms with Crippen LogP contribution in [0.4, 0.5) is 0 Å². The largest absolute Gasteiger partial charge is 0.493 e. The molecule has 9 heteroatoms. The van der Waals surface area contributed by atoms with Gasteiger partial charge in [-0.15, -0.1) is 0 Å². The molecule has 1 aliphatic heterocycles. The number of esters is 1. The minimum Gasteiger partial charge on any atom is -0.493 e. The number of carbonyl (C=O) groups excluding carboxylic acids is 3. The van der Waals surface area contributed by atoms with Crippen molar-refractivity contribution in [2.45, 2.75) is 6.42 Å². The first kappa shape index (κ1) is 19.4. The highest BCUT2D eigenvalue weighted by Gasteiger charge is 2.59. The summed E-state index contributed by atoms with van der Waals surface area (Å²) in [5, 5.41) is 5.40. The summed E-state index contributed by atoms with van der Waals surface area (Å²) in [7, 11) is 2.67.